The highest BCUT2D eigenvalue weighted by Crippen LogP contribution is 2.30. The predicted molar refractivity (Wildman–Crippen MR) is 53.0 cm³/mol. The van der Waals surface area contributed by atoms with E-state index in [-0.39, 0.29) is 5.78 Å². The molecule has 0 aromatic heterocycles. The molecule has 0 amide bonds. The Kier molecular flexibility index (Phi) is 1.76. The third kappa shape index (κ3) is 1.18. The molecule has 2 heteroatoms. The fraction of sp³-hybridized carbons (Fsp3) is 0.273. The van der Waals surface area contributed by atoms with Gasteiger partial charge in [-0.25, -0.2) is 0 Å². The van der Waals surface area contributed by atoms with Crippen molar-refractivity contribution in [1.82, 2.24) is 0 Å². The summed E-state index contributed by atoms with van der Waals surface area (Å²) in [5.74, 6) is 0.186. The molecule has 1 aromatic rings. The molecule has 2 nitrogen and oxygen atoms in total. The monoisotopic (exact) mass is 173 g/mol. The Morgan fingerprint density at radius 1 is 1.23 bits per heavy atom. The molecule has 0 fully saturated rings. The van der Waals surface area contributed by atoms with Crippen LogP contribution in [0, 0.1) is 13.8 Å². The molecule has 0 atom stereocenters. The summed E-state index contributed by atoms with van der Waals surface area (Å²) in [6.07, 6.45) is 2.13. The molecule has 1 aliphatic heterocycles. The fourth-order valence-corrected chi connectivity index (χ4v) is 1.64. The molecular weight excluding hydrogens is 162 g/mol. The van der Waals surface area contributed by atoms with Crippen LogP contribution in [0.25, 0.3) is 0 Å². The van der Waals surface area contributed by atoms with Crippen molar-refractivity contribution in [2.75, 3.05) is 0 Å². The predicted octanol–water partition coefficient (Wildman–Crippen LogP) is 2.59. The number of carbonyl (C=O) groups is 1. The molecule has 0 aliphatic carbocycles. The third-order valence-electron chi connectivity index (χ3n) is 2.36. The molecule has 1 aliphatic rings. The van der Waals surface area contributed by atoms with Gasteiger partial charge in [-0.15, -0.1) is 0 Å². The molecule has 66 valence electrons. The first-order valence-electron chi connectivity index (χ1n) is 4.36. The molecule has 0 N–H and O–H groups in total. The van der Waals surface area contributed by atoms with Crippen LogP contribution in [-0.2, 0) is 0 Å². The molecule has 2 rings (SSSR count). The number of aliphatic imine (C=N–C) groups is 1. The summed E-state index contributed by atoms with van der Waals surface area (Å²) in [4.78, 5) is 15.8. The van der Waals surface area contributed by atoms with Crippen molar-refractivity contribution < 1.29 is 4.79 Å². The van der Waals surface area contributed by atoms with E-state index in [0.717, 1.165) is 22.4 Å². The normalized spacial score (nSPS) is 14.5. The second kappa shape index (κ2) is 2.80. The van der Waals surface area contributed by atoms with Gasteiger partial charge in [-0.2, -0.15) is 0 Å². The zero-order valence-corrected chi connectivity index (χ0v) is 7.79. The number of hydrogen-bond donors (Lipinski definition) is 0. The first kappa shape index (κ1) is 8.17. The lowest BCUT2D eigenvalue weighted by Crippen LogP contribution is -2.07. The highest BCUT2D eigenvalue weighted by atomic mass is 16.1. The van der Waals surface area contributed by atoms with Crippen LogP contribution in [0.2, 0.25) is 0 Å². The summed E-state index contributed by atoms with van der Waals surface area (Å²) < 4.78 is 0. The number of benzene rings is 1. The lowest BCUT2D eigenvalue weighted by atomic mass is 9.96. The van der Waals surface area contributed by atoms with Crippen LogP contribution in [0.4, 0.5) is 5.69 Å². The number of nitrogens with zero attached hydrogens (tertiary/aromatic N) is 1. The Labute approximate surface area is 77.3 Å². The Morgan fingerprint density at radius 2 is 1.92 bits per heavy atom. The topological polar surface area (TPSA) is 29.4 Å². The maximum atomic E-state index is 11.6. The molecule has 1 heterocycles. The van der Waals surface area contributed by atoms with E-state index < -0.39 is 0 Å². The summed E-state index contributed by atoms with van der Waals surface area (Å²) in [6, 6.07) is 3.98. The van der Waals surface area contributed by atoms with E-state index in [0.29, 0.717) is 6.42 Å². The number of Topliss-reactive ketones (excluding diaryl/α,β-unsaturated/α-hetero) is 1. The van der Waals surface area contributed by atoms with E-state index in [4.69, 9.17) is 0 Å². The summed E-state index contributed by atoms with van der Waals surface area (Å²) >= 11 is 0. The maximum absolute atomic E-state index is 11.6. The molecule has 0 spiro atoms. The van der Waals surface area contributed by atoms with Gasteiger partial charge in [-0.3, -0.25) is 9.79 Å². The van der Waals surface area contributed by atoms with Gasteiger partial charge in [-0.1, -0.05) is 12.1 Å². The molecule has 0 bridgehead atoms. The van der Waals surface area contributed by atoms with Crippen LogP contribution in [0.15, 0.2) is 17.1 Å². The quantitative estimate of drug-likeness (QED) is 0.593. The minimum atomic E-state index is 0.186. The highest BCUT2D eigenvalue weighted by Gasteiger charge is 2.17. The van der Waals surface area contributed by atoms with Gasteiger partial charge in [0.2, 0.25) is 0 Å². The number of rotatable bonds is 0. The van der Waals surface area contributed by atoms with E-state index >= 15 is 0 Å². The summed E-state index contributed by atoms with van der Waals surface area (Å²) in [5.41, 5.74) is 3.77. The number of aryl methyl sites for hydroxylation is 2. The minimum Gasteiger partial charge on any atom is -0.294 e. The van der Waals surface area contributed by atoms with Gasteiger partial charge < -0.3 is 0 Å². The van der Waals surface area contributed by atoms with Gasteiger partial charge in [0, 0.05) is 18.2 Å². The van der Waals surface area contributed by atoms with Crippen molar-refractivity contribution in [3.8, 4) is 0 Å². The van der Waals surface area contributed by atoms with Gasteiger partial charge in [-0.05, 0) is 25.0 Å². The average molecular weight is 173 g/mol. The zero-order valence-electron chi connectivity index (χ0n) is 7.79. The zero-order chi connectivity index (χ0) is 9.42. The van der Waals surface area contributed by atoms with Crippen LogP contribution in [-0.4, -0.2) is 12.0 Å². The third-order valence-corrected chi connectivity index (χ3v) is 2.36. The molecule has 1 aromatic carbocycles. The van der Waals surface area contributed by atoms with Gasteiger partial charge in [0.1, 0.15) is 0 Å². The first-order valence-corrected chi connectivity index (χ1v) is 4.36. The van der Waals surface area contributed by atoms with Gasteiger partial charge in [0.25, 0.3) is 0 Å². The second-order valence-electron chi connectivity index (χ2n) is 3.36. The molecule has 0 saturated heterocycles. The standard InChI is InChI=1S/C11H11NO/c1-7-3-4-8(2)11-10(7)9(13)5-6-12-11/h3-4,6H,5H2,1-2H3. The van der Waals surface area contributed by atoms with Crippen molar-refractivity contribution in [2.45, 2.75) is 20.3 Å². The maximum Gasteiger partial charge on any atom is 0.170 e. The number of fused-ring (bicyclic) bond motifs is 1. The second-order valence-corrected chi connectivity index (χ2v) is 3.36. The van der Waals surface area contributed by atoms with E-state index in [1.165, 1.54) is 0 Å². The van der Waals surface area contributed by atoms with Crippen molar-refractivity contribution in [3.63, 3.8) is 0 Å². The first-order chi connectivity index (χ1) is 6.20. The van der Waals surface area contributed by atoms with Gasteiger partial charge >= 0.3 is 0 Å². The molecule has 0 radical (unpaired) electrons. The number of carbonyl (C=O) groups excluding carboxylic acids is 1. The average Bonchev–Trinajstić information content (AvgIpc) is 2.12. The largest absolute Gasteiger partial charge is 0.294 e. The molecular formula is C11H11NO. The van der Waals surface area contributed by atoms with Crippen molar-refractivity contribution in [3.05, 3.63) is 28.8 Å². The number of ketones is 1. The lowest BCUT2D eigenvalue weighted by Gasteiger charge is -2.13. The van der Waals surface area contributed by atoms with E-state index in [9.17, 15) is 4.79 Å². The van der Waals surface area contributed by atoms with Crippen LogP contribution < -0.4 is 0 Å². The molecule has 0 saturated carbocycles. The van der Waals surface area contributed by atoms with E-state index in [1.807, 2.05) is 26.0 Å². The van der Waals surface area contributed by atoms with Crippen molar-refractivity contribution >= 4 is 17.7 Å². The van der Waals surface area contributed by atoms with E-state index in [1.54, 1.807) is 6.21 Å². The lowest BCUT2D eigenvalue weighted by molar-refractivity contribution is 0.100. The Morgan fingerprint density at radius 3 is 2.62 bits per heavy atom. The van der Waals surface area contributed by atoms with Crippen LogP contribution in [0.5, 0.6) is 0 Å². The van der Waals surface area contributed by atoms with Gasteiger partial charge in [0.05, 0.1) is 5.69 Å². The molecule has 13 heavy (non-hydrogen) atoms. The fourth-order valence-electron chi connectivity index (χ4n) is 1.64. The van der Waals surface area contributed by atoms with E-state index in [2.05, 4.69) is 4.99 Å². The number of hydrogen-bond acceptors (Lipinski definition) is 2. The SMILES string of the molecule is Cc1ccc(C)c2c1N=CCC2=O. The van der Waals surface area contributed by atoms with Gasteiger partial charge in [0.15, 0.2) is 5.78 Å². The van der Waals surface area contributed by atoms with Crippen LogP contribution in [0.1, 0.15) is 27.9 Å². The smallest absolute Gasteiger partial charge is 0.170 e. The minimum absolute atomic E-state index is 0.186. The summed E-state index contributed by atoms with van der Waals surface area (Å²) in [6.45, 7) is 3.94. The Hall–Kier alpha value is -1.44. The Balaban J connectivity index is 2.76. The van der Waals surface area contributed by atoms with Crippen LogP contribution >= 0.6 is 0 Å². The van der Waals surface area contributed by atoms with Crippen molar-refractivity contribution in [1.29, 1.82) is 0 Å². The Bertz CT molecular complexity index is 405. The molecule has 0 unspecified atom stereocenters. The highest BCUT2D eigenvalue weighted by molar-refractivity contribution is 6.11. The van der Waals surface area contributed by atoms with Crippen molar-refractivity contribution in [2.24, 2.45) is 4.99 Å². The summed E-state index contributed by atoms with van der Waals surface area (Å²) in [5, 5.41) is 0. The van der Waals surface area contributed by atoms with Crippen LogP contribution in [0.3, 0.4) is 0 Å². The summed E-state index contributed by atoms with van der Waals surface area (Å²) in [7, 11) is 0.